The van der Waals surface area contributed by atoms with Crippen LogP contribution in [0.25, 0.3) is 10.4 Å². The number of hydrogen-bond donors (Lipinski definition) is 3. The van der Waals surface area contributed by atoms with Gasteiger partial charge < -0.3 is 20.6 Å². The topological polar surface area (TPSA) is 107 Å². The third-order valence-corrected chi connectivity index (χ3v) is 7.86. The molecule has 3 N–H and O–H groups in total. The highest BCUT2D eigenvalue weighted by Gasteiger charge is 2.39. The molecule has 4 rings (SSSR count). The van der Waals surface area contributed by atoms with Crippen molar-refractivity contribution in [3.8, 4) is 10.4 Å². The Hall–Kier alpha value is -2.73. The summed E-state index contributed by atoms with van der Waals surface area (Å²) < 4.78 is 42.7. The molecule has 1 aliphatic heterocycles. The number of pyridine rings is 1. The Labute approximate surface area is 217 Å². The van der Waals surface area contributed by atoms with Crippen LogP contribution in [0.3, 0.4) is 0 Å². The highest BCUT2D eigenvalue weighted by atomic mass is 32.1. The number of alkyl halides is 3. The van der Waals surface area contributed by atoms with Crippen molar-refractivity contribution < 1.29 is 27.9 Å². The lowest BCUT2D eigenvalue weighted by Gasteiger charge is -2.21. The third-order valence-electron chi connectivity index (χ3n) is 6.77. The summed E-state index contributed by atoms with van der Waals surface area (Å²) in [7, 11) is 0. The van der Waals surface area contributed by atoms with E-state index in [1.807, 2.05) is 6.92 Å². The molecule has 37 heavy (non-hydrogen) atoms. The van der Waals surface area contributed by atoms with Gasteiger partial charge in [-0.05, 0) is 57.9 Å². The van der Waals surface area contributed by atoms with Crippen LogP contribution in [0.5, 0.6) is 0 Å². The molecular weight excluding hydrogens is 507 g/mol. The largest absolute Gasteiger partial charge is 0.417 e. The first-order valence-electron chi connectivity index (χ1n) is 12.3. The van der Waals surface area contributed by atoms with Crippen molar-refractivity contribution in [2.24, 2.45) is 5.41 Å². The number of halogens is 3. The van der Waals surface area contributed by atoms with Crippen LogP contribution in [0.1, 0.15) is 79.2 Å². The van der Waals surface area contributed by atoms with Crippen molar-refractivity contribution in [3.63, 3.8) is 0 Å². The Bertz CT molecular complexity index is 1190. The van der Waals surface area contributed by atoms with Crippen LogP contribution in [-0.4, -0.2) is 63.1 Å². The van der Waals surface area contributed by atoms with Gasteiger partial charge in [0.15, 0.2) is 5.01 Å². The van der Waals surface area contributed by atoms with E-state index < -0.39 is 29.2 Å². The molecular formula is C25H32F3N5O3S. The molecule has 0 unspecified atom stereocenters. The molecule has 2 aliphatic rings. The Balaban J connectivity index is 1.75. The monoisotopic (exact) mass is 539 g/mol. The maximum Gasteiger partial charge on any atom is 0.417 e. The van der Waals surface area contributed by atoms with Crippen LogP contribution in [0.4, 0.5) is 19.0 Å². The Morgan fingerprint density at radius 3 is 2.57 bits per heavy atom. The molecule has 8 nitrogen and oxygen atoms in total. The summed E-state index contributed by atoms with van der Waals surface area (Å²) in [5.41, 5.74) is -2.60. The number of nitrogens with zero attached hydrogens (tertiary/aromatic N) is 3. The van der Waals surface area contributed by atoms with Gasteiger partial charge in [0, 0.05) is 37.4 Å². The average Bonchev–Trinajstić information content (AvgIpc) is 3.19. The lowest BCUT2D eigenvalue weighted by Crippen LogP contribution is -2.38. The molecule has 12 heteroatoms. The van der Waals surface area contributed by atoms with Crippen molar-refractivity contribution in [1.82, 2.24) is 20.2 Å². The second-order valence-corrected chi connectivity index (χ2v) is 12.0. The minimum Gasteiger partial charge on any atom is -0.389 e. The first kappa shape index (κ1) is 27.3. The van der Waals surface area contributed by atoms with E-state index >= 15 is 0 Å². The zero-order chi connectivity index (χ0) is 27.2. The first-order valence-corrected chi connectivity index (χ1v) is 13.1. The molecule has 1 aliphatic carbocycles. The second-order valence-electron chi connectivity index (χ2n) is 11.0. The number of rotatable bonds is 8. The van der Waals surface area contributed by atoms with Gasteiger partial charge in [0.05, 0.1) is 16.0 Å². The number of anilines is 1. The number of carbonyl (C=O) groups excluding carboxylic acids is 2. The van der Waals surface area contributed by atoms with Gasteiger partial charge in [-0.15, -0.1) is 11.3 Å². The molecule has 1 atom stereocenters. The number of thiazole rings is 1. The summed E-state index contributed by atoms with van der Waals surface area (Å²) in [5, 5.41) is 15.3. The number of carbonyl (C=O) groups is 2. The summed E-state index contributed by atoms with van der Waals surface area (Å²) in [4.78, 5) is 36.1. The number of aromatic nitrogens is 2. The van der Waals surface area contributed by atoms with Gasteiger partial charge in [0.25, 0.3) is 11.8 Å². The molecule has 0 spiro atoms. The predicted octanol–water partition coefficient (Wildman–Crippen LogP) is 4.56. The van der Waals surface area contributed by atoms with E-state index in [2.05, 4.69) is 27.5 Å². The fraction of sp³-hybridized carbons (Fsp3) is 0.600. The molecule has 1 saturated carbocycles. The summed E-state index contributed by atoms with van der Waals surface area (Å²) in [6, 6.07) is 0.853. The van der Waals surface area contributed by atoms with E-state index in [0.717, 1.165) is 37.9 Å². The first-order chi connectivity index (χ1) is 17.2. The maximum atomic E-state index is 14.2. The van der Waals surface area contributed by atoms with Crippen LogP contribution < -0.4 is 10.6 Å². The molecule has 1 saturated heterocycles. The minimum absolute atomic E-state index is 0.0574. The summed E-state index contributed by atoms with van der Waals surface area (Å²) in [6.45, 7) is 7.81. The Morgan fingerprint density at radius 1 is 1.30 bits per heavy atom. The predicted molar refractivity (Wildman–Crippen MR) is 135 cm³/mol. The highest BCUT2D eigenvalue weighted by molar-refractivity contribution is 7.17. The summed E-state index contributed by atoms with van der Waals surface area (Å²) in [6.07, 6.45) is -0.0738. The lowest BCUT2D eigenvalue weighted by molar-refractivity contribution is -0.137. The van der Waals surface area contributed by atoms with E-state index in [0.29, 0.717) is 24.4 Å². The Morgan fingerprint density at radius 2 is 2.00 bits per heavy atom. The molecule has 2 fully saturated rings. The van der Waals surface area contributed by atoms with Crippen molar-refractivity contribution in [2.45, 2.75) is 71.2 Å². The number of likely N-dealkylation sites (tertiary alicyclic amines) is 1. The normalized spacial score (nSPS) is 19.1. The van der Waals surface area contributed by atoms with Gasteiger partial charge in [-0.1, -0.05) is 6.92 Å². The van der Waals surface area contributed by atoms with Crippen LogP contribution in [0.2, 0.25) is 0 Å². The van der Waals surface area contributed by atoms with Gasteiger partial charge in [-0.3, -0.25) is 9.59 Å². The number of hydrogen-bond acceptors (Lipinski definition) is 7. The molecule has 2 amide bonds. The average molecular weight is 540 g/mol. The Kier molecular flexibility index (Phi) is 7.28. The van der Waals surface area contributed by atoms with Gasteiger partial charge in [-0.2, -0.15) is 13.2 Å². The maximum absolute atomic E-state index is 14.2. The zero-order valence-corrected chi connectivity index (χ0v) is 22.1. The standard InChI is InChI=1S/C25H32F3N5O3S/c1-14-6-5-9-33(14)22(35)18-19(37-21(32-18)20(34)31-12-23(2,3)36)15-11-29-17(10-16(15)25(26,27)28)30-13-24(4)7-8-24/h10-11,14,36H,5-9,12-13H2,1-4H3,(H,29,30)(H,31,34)/t14-/m0/s1. The number of amides is 2. The van der Waals surface area contributed by atoms with E-state index in [1.165, 1.54) is 13.8 Å². The molecule has 202 valence electrons. The lowest BCUT2D eigenvalue weighted by atomic mass is 10.1. The molecule has 2 aromatic heterocycles. The second kappa shape index (κ2) is 9.86. The van der Waals surface area contributed by atoms with Crippen LogP contribution in [0.15, 0.2) is 12.3 Å². The van der Waals surface area contributed by atoms with E-state index in [-0.39, 0.29) is 45.0 Å². The number of nitrogens with one attached hydrogen (secondary N) is 2. The summed E-state index contributed by atoms with van der Waals surface area (Å²) in [5.74, 6) is -1.10. The number of aliphatic hydroxyl groups is 1. The smallest absolute Gasteiger partial charge is 0.389 e. The van der Waals surface area contributed by atoms with Gasteiger partial charge in [0.2, 0.25) is 0 Å². The fourth-order valence-corrected chi connectivity index (χ4v) is 5.15. The van der Waals surface area contributed by atoms with Crippen LogP contribution in [0, 0.1) is 5.41 Å². The van der Waals surface area contributed by atoms with Gasteiger partial charge in [0.1, 0.15) is 11.5 Å². The molecule has 0 bridgehead atoms. The van der Waals surface area contributed by atoms with E-state index in [9.17, 15) is 27.9 Å². The fourth-order valence-electron chi connectivity index (χ4n) is 4.15. The van der Waals surface area contributed by atoms with Gasteiger partial charge in [-0.25, -0.2) is 9.97 Å². The molecule has 3 heterocycles. The van der Waals surface area contributed by atoms with Crippen molar-refractivity contribution in [2.75, 3.05) is 25.0 Å². The third kappa shape index (κ3) is 6.40. The molecule has 0 radical (unpaired) electrons. The van der Waals surface area contributed by atoms with Gasteiger partial charge >= 0.3 is 6.18 Å². The minimum atomic E-state index is -4.73. The highest BCUT2D eigenvalue weighted by Crippen LogP contribution is 2.45. The quantitative estimate of drug-likeness (QED) is 0.454. The van der Waals surface area contributed by atoms with E-state index in [1.54, 1.807) is 4.90 Å². The zero-order valence-electron chi connectivity index (χ0n) is 21.3. The van der Waals surface area contributed by atoms with Crippen molar-refractivity contribution >= 4 is 29.0 Å². The van der Waals surface area contributed by atoms with Crippen LogP contribution >= 0.6 is 11.3 Å². The van der Waals surface area contributed by atoms with E-state index in [4.69, 9.17) is 0 Å². The van der Waals surface area contributed by atoms with Crippen molar-refractivity contribution in [3.05, 3.63) is 28.5 Å². The van der Waals surface area contributed by atoms with Crippen molar-refractivity contribution in [1.29, 1.82) is 0 Å². The SMILES string of the molecule is C[C@H]1CCCN1C(=O)c1nc(C(=O)NCC(C)(C)O)sc1-c1cnc(NCC2(C)CC2)cc1C(F)(F)F. The molecule has 2 aromatic rings. The van der Waals surface area contributed by atoms with Crippen LogP contribution in [-0.2, 0) is 6.18 Å². The summed E-state index contributed by atoms with van der Waals surface area (Å²) >= 11 is 0.711. The molecule has 0 aromatic carbocycles.